The zero-order valence-corrected chi connectivity index (χ0v) is 14.8. The van der Waals surface area contributed by atoms with Gasteiger partial charge in [0, 0.05) is 0 Å². The standard InChI is InChI=1S/C20H24O5/c1-14(10-15-4-7-17(23-2)8-5-15)13-25-20(22)12-16-6-9-18(21)19(11-16)24-3/h4-9,11,14,21H,10,12-13H2,1-3H3. The minimum absolute atomic E-state index is 0.0488. The van der Waals surface area contributed by atoms with E-state index in [-0.39, 0.29) is 24.1 Å². The molecule has 134 valence electrons. The summed E-state index contributed by atoms with van der Waals surface area (Å²) in [5.41, 5.74) is 1.91. The highest BCUT2D eigenvalue weighted by molar-refractivity contribution is 5.73. The van der Waals surface area contributed by atoms with Crippen molar-refractivity contribution in [1.29, 1.82) is 0 Å². The van der Waals surface area contributed by atoms with Crippen LogP contribution in [0.4, 0.5) is 0 Å². The average molecular weight is 344 g/mol. The van der Waals surface area contributed by atoms with Crippen LogP contribution in [0.3, 0.4) is 0 Å². The Kier molecular flexibility index (Phi) is 6.69. The van der Waals surface area contributed by atoms with Gasteiger partial charge in [-0.15, -0.1) is 0 Å². The Bertz CT molecular complexity index is 694. The first-order valence-corrected chi connectivity index (χ1v) is 8.16. The van der Waals surface area contributed by atoms with Gasteiger partial charge >= 0.3 is 5.97 Å². The Balaban J connectivity index is 1.80. The molecule has 2 aromatic carbocycles. The van der Waals surface area contributed by atoms with Crippen LogP contribution in [-0.4, -0.2) is 31.9 Å². The van der Waals surface area contributed by atoms with Crippen LogP contribution in [0.15, 0.2) is 42.5 Å². The number of esters is 1. The Morgan fingerprint density at radius 1 is 1.04 bits per heavy atom. The van der Waals surface area contributed by atoms with Crippen LogP contribution >= 0.6 is 0 Å². The molecule has 0 radical (unpaired) electrons. The third kappa shape index (κ3) is 5.71. The number of carbonyl (C=O) groups is 1. The van der Waals surface area contributed by atoms with E-state index in [9.17, 15) is 9.90 Å². The third-order valence-corrected chi connectivity index (χ3v) is 3.86. The Morgan fingerprint density at radius 3 is 2.36 bits per heavy atom. The minimum Gasteiger partial charge on any atom is -0.504 e. The highest BCUT2D eigenvalue weighted by Gasteiger charge is 2.11. The lowest BCUT2D eigenvalue weighted by molar-refractivity contribution is -0.144. The number of carbonyl (C=O) groups excluding carboxylic acids is 1. The highest BCUT2D eigenvalue weighted by atomic mass is 16.5. The lowest BCUT2D eigenvalue weighted by Gasteiger charge is -2.13. The number of ether oxygens (including phenoxy) is 3. The van der Waals surface area contributed by atoms with Crippen LogP contribution < -0.4 is 9.47 Å². The fourth-order valence-corrected chi connectivity index (χ4v) is 2.51. The maximum absolute atomic E-state index is 12.0. The monoisotopic (exact) mass is 344 g/mol. The van der Waals surface area contributed by atoms with Crippen molar-refractivity contribution in [3.05, 3.63) is 53.6 Å². The molecule has 0 fully saturated rings. The largest absolute Gasteiger partial charge is 0.504 e. The summed E-state index contributed by atoms with van der Waals surface area (Å²) >= 11 is 0. The second kappa shape index (κ2) is 8.97. The van der Waals surface area contributed by atoms with Crippen molar-refractivity contribution in [2.24, 2.45) is 5.92 Å². The van der Waals surface area contributed by atoms with E-state index in [0.717, 1.165) is 17.7 Å². The van der Waals surface area contributed by atoms with Gasteiger partial charge in [0.05, 0.1) is 27.2 Å². The van der Waals surface area contributed by atoms with Gasteiger partial charge in [-0.25, -0.2) is 0 Å². The molecule has 0 heterocycles. The summed E-state index contributed by atoms with van der Waals surface area (Å²) in [4.78, 5) is 12.0. The summed E-state index contributed by atoms with van der Waals surface area (Å²) in [6, 6.07) is 12.7. The van der Waals surface area contributed by atoms with Gasteiger partial charge in [0.25, 0.3) is 0 Å². The zero-order chi connectivity index (χ0) is 18.2. The molecule has 0 aliphatic carbocycles. The van der Waals surface area contributed by atoms with Crippen molar-refractivity contribution in [1.82, 2.24) is 0 Å². The summed E-state index contributed by atoms with van der Waals surface area (Å²) in [6.45, 7) is 2.40. The van der Waals surface area contributed by atoms with Crippen molar-refractivity contribution >= 4 is 5.97 Å². The SMILES string of the molecule is COc1ccc(CC(C)COC(=O)Cc2ccc(O)c(OC)c2)cc1. The fourth-order valence-electron chi connectivity index (χ4n) is 2.51. The van der Waals surface area contributed by atoms with Crippen LogP contribution in [0.1, 0.15) is 18.1 Å². The average Bonchev–Trinajstić information content (AvgIpc) is 2.62. The second-order valence-electron chi connectivity index (χ2n) is 6.02. The third-order valence-electron chi connectivity index (χ3n) is 3.86. The first-order chi connectivity index (χ1) is 12.0. The quantitative estimate of drug-likeness (QED) is 0.744. The van der Waals surface area contributed by atoms with Crippen molar-refractivity contribution < 1.29 is 24.1 Å². The van der Waals surface area contributed by atoms with Gasteiger partial charge in [-0.05, 0) is 47.7 Å². The molecule has 2 rings (SSSR count). The van der Waals surface area contributed by atoms with Crippen LogP contribution in [0.5, 0.6) is 17.2 Å². The molecule has 0 saturated heterocycles. The summed E-state index contributed by atoms with van der Waals surface area (Å²) in [5, 5.41) is 9.57. The lowest BCUT2D eigenvalue weighted by Crippen LogP contribution is -2.15. The Hall–Kier alpha value is -2.69. The van der Waals surface area contributed by atoms with Gasteiger partial charge in [0.15, 0.2) is 11.5 Å². The number of aromatic hydroxyl groups is 1. The molecule has 1 N–H and O–H groups in total. The number of hydrogen-bond donors (Lipinski definition) is 1. The van der Waals surface area contributed by atoms with Crippen LogP contribution in [0, 0.1) is 5.92 Å². The number of hydrogen-bond acceptors (Lipinski definition) is 5. The van der Waals surface area contributed by atoms with E-state index < -0.39 is 0 Å². The van der Waals surface area contributed by atoms with Gasteiger partial charge in [-0.1, -0.05) is 25.1 Å². The molecular formula is C20H24O5. The maximum Gasteiger partial charge on any atom is 0.310 e. The van der Waals surface area contributed by atoms with Crippen molar-refractivity contribution in [3.8, 4) is 17.2 Å². The Morgan fingerprint density at radius 2 is 1.72 bits per heavy atom. The summed E-state index contributed by atoms with van der Waals surface area (Å²) in [6.07, 6.45) is 0.968. The summed E-state index contributed by atoms with van der Waals surface area (Å²) < 4.78 is 15.5. The van der Waals surface area contributed by atoms with Crippen LogP contribution in [-0.2, 0) is 22.4 Å². The molecule has 5 heteroatoms. The van der Waals surface area contributed by atoms with Gasteiger partial charge in [0.2, 0.25) is 0 Å². The molecule has 5 nitrogen and oxygen atoms in total. The van der Waals surface area contributed by atoms with E-state index >= 15 is 0 Å². The van der Waals surface area contributed by atoms with E-state index in [1.807, 2.05) is 31.2 Å². The number of benzene rings is 2. The molecule has 0 aromatic heterocycles. The van der Waals surface area contributed by atoms with Crippen molar-refractivity contribution in [2.45, 2.75) is 19.8 Å². The summed E-state index contributed by atoms with van der Waals surface area (Å²) in [5.74, 6) is 1.14. The predicted octanol–water partition coefficient (Wildman–Crippen LogP) is 3.37. The molecule has 2 aromatic rings. The molecule has 25 heavy (non-hydrogen) atoms. The molecule has 0 amide bonds. The van der Waals surface area contributed by atoms with Crippen LogP contribution in [0.25, 0.3) is 0 Å². The fraction of sp³-hybridized carbons (Fsp3) is 0.350. The van der Waals surface area contributed by atoms with Crippen molar-refractivity contribution in [3.63, 3.8) is 0 Å². The lowest BCUT2D eigenvalue weighted by atomic mass is 10.0. The first kappa shape index (κ1) is 18.6. The molecule has 0 aliphatic rings. The number of phenols is 1. The van der Waals surface area contributed by atoms with Crippen molar-refractivity contribution in [2.75, 3.05) is 20.8 Å². The van der Waals surface area contributed by atoms with Gasteiger partial charge in [-0.2, -0.15) is 0 Å². The molecule has 1 atom stereocenters. The van der Waals surface area contributed by atoms with Gasteiger partial charge in [0.1, 0.15) is 5.75 Å². The Labute approximate surface area is 148 Å². The normalized spacial score (nSPS) is 11.6. The molecule has 0 spiro atoms. The summed E-state index contributed by atoms with van der Waals surface area (Å²) in [7, 11) is 3.11. The number of rotatable bonds is 8. The van der Waals surface area contributed by atoms with Gasteiger partial charge < -0.3 is 19.3 Å². The van der Waals surface area contributed by atoms with Gasteiger partial charge in [-0.3, -0.25) is 4.79 Å². The van der Waals surface area contributed by atoms with Crippen LogP contribution in [0.2, 0.25) is 0 Å². The minimum atomic E-state index is -0.297. The highest BCUT2D eigenvalue weighted by Crippen LogP contribution is 2.26. The molecule has 0 saturated carbocycles. The molecule has 0 bridgehead atoms. The first-order valence-electron chi connectivity index (χ1n) is 8.16. The predicted molar refractivity (Wildman–Crippen MR) is 95.2 cm³/mol. The van der Waals surface area contributed by atoms with E-state index in [1.165, 1.54) is 18.7 Å². The maximum atomic E-state index is 12.0. The molecule has 0 aliphatic heterocycles. The van der Waals surface area contributed by atoms with E-state index in [2.05, 4.69) is 0 Å². The second-order valence-corrected chi connectivity index (χ2v) is 6.02. The number of phenolic OH excluding ortho intramolecular Hbond substituents is 1. The molecular weight excluding hydrogens is 320 g/mol. The van der Waals surface area contributed by atoms with E-state index in [4.69, 9.17) is 14.2 Å². The zero-order valence-electron chi connectivity index (χ0n) is 14.8. The molecule has 1 unspecified atom stereocenters. The smallest absolute Gasteiger partial charge is 0.310 e. The van der Waals surface area contributed by atoms with E-state index in [1.54, 1.807) is 19.2 Å². The topological polar surface area (TPSA) is 65.0 Å². The van der Waals surface area contributed by atoms with E-state index in [0.29, 0.717) is 12.4 Å². The number of methoxy groups -OCH3 is 2.